The number of hydrogen-bond acceptors (Lipinski definition) is 4. The summed E-state index contributed by atoms with van der Waals surface area (Å²) in [7, 11) is 0. The minimum atomic E-state index is -0.0445. The third-order valence-corrected chi connectivity index (χ3v) is 5.80. The molecule has 0 spiro atoms. The molecule has 4 aromatic rings. The number of pyridine rings is 2. The molecule has 2 heterocycles. The Morgan fingerprint density at radius 2 is 1.57 bits per heavy atom. The summed E-state index contributed by atoms with van der Waals surface area (Å²) in [6.45, 7) is 6.57. The quantitative estimate of drug-likeness (QED) is 0.393. The van der Waals surface area contributed by atoms with Gasteiger partial charge in [0.25, 0.3) is 0 Å². The summed E-state index contributed by atoms with van der Waals surface area (Å²) in [4.78, 5) is 10.4. The molecular weight excluding hydrogens is 388 g/mol. The molecule has 0 saturated carbocycles. The Bertz CT molecular complexity index is 1170. The van der Waals surface area contributed by atoms with Gasteiger partial charge in [-0.05, 0) is 59.5 Å². The molecule has 0 saturated heterocycles. The van der Waals surface area contributed by atoms with E-state index in [2.05, 4.69) is 56.1 Å². The number of phenolic OH excluding ortho intramolecular Hbond substituents is 1. The number of rotatable bonds is 4. The average molecular weight is 413 g/mol. The van der Waals surface area contributed by atoms with Gasteiger partial charge >= 0.3 is 0 Å². The van der Waals surface area contributed by atoms with Crippen LogP contribution in [-0.4, -0.2) is 15.1 Å². The van der Waals surface area contributed by atoms with Gasteiger partial charge in [0, 0.05) is 22.2 Å². The zero-order valence-corrected chi connectivity index (χ0v) is 18.1. The van der Waals surface area contributed by atoms with E-state index in [1.165, 1.54) is 5.56 Å². The monoisotopic (exact) mass is 412 g/mol. The topological polar surface area (TPSA) is 46.0 Å². The normalized spacial score (nSPS) is 11.4. The standard InChI is InChI=1S/C26H24N2OS/c1-26(2,3)19-16-22(28-23(17-19)21-11-4-5-12-24(21)29)18-9-8-10-20(15-18)30-25-13-6-7-14-27-25/h4-17,29H,1-3H3. The molecule has 0 bridgehead atoms. The minimum absolute atomic E-state index is 0.0445. The van der Waals surface area contributed by atoms with Crippen molar-refractivity contribution >= 4 is 11.8 Å². The van der Waals surface area contributed by atoms with E-state index in [0.717, 1.165) is 32.4 Å². The highest BCUT2D eigenvalue weighted by atomic mass is 32.2. The molecule has 0 amide bonds. The van der Waals surface area contributed by atoms with Crippen molar-refractivity contribution in [2.45, 2.75) is 36.1 Å². The van der Waals surface area contributed by atoms with E-state index in [9.17, 15) is 5.11 Å². The molecule has 0 atom stereocenters. The van der Waals surface area contributed by atoms with Crippen molar-refractivity contribution in [3.05, 3.63) is 90.6 Å². The van der Waals surface area contributed by atoms with Crippen LogP contribution in [0.25, 0.3) is 22.5 Å². The van der Waals surface area contributed by atoms with Crippen molar-refractivity contribution in [1.82, 2.24) is 9.97 Å². The Balaban J connectivity index is 1.80. The van der Waals surface area contributed by atoms with E-state index < -0.39 is 0 Å². The van der Waals surface area contributed by atoms with Crippen LogP contribution >= 0.6 is 11.8 Å². The van der Waals surface area contributed by atoms with Crippen molar-refractivity contribution < 1.29 is 5.11 Å². The van der Waals surface area contributed by atoms with Crippen LogP contribution in [0.2, 0.25) is 0 Å². The Morgan fingerprint density at radius 3 is 2.30 bits per heavy atom. The molecule has 3 nitrogen and oxygen atoms in total. The molecule has 0 unspecified atom stereocenters. The third-order valence-electron chi connectivity index (χ3n) is 4.86. The summed E-state index contributed by atoms with van der Waals surface area (Å²) in [6, 6.07) is 25.8. The van der Waals surface area contributed by atoms with Crippen molar-refractivity contribution in [3.8, 4) is 28.3 Å². The number of benzene rings is 2. The van der Waals surface area contributed by atoms with E-state index in [4.69, 9.17) is 4.98 Å². The molecule has 0 aliphatic rings. The second kappa shape index (κ2) is 8.33. The van der Waals surface area contributed by atoms with Gasteiger partial charge in [0.1, 0.15) is 10.8 Å². The van der Waals surface area contributed by atoms with Gasteiger partial charge < -0.3 is 5.11 Å². The predicted octanol–water partition coefficient (Wildman–Crippen LogP) is 6.96. The highest BCUT2D eigenvalue weighted by molar-refractivity contribution is 7.99. The van der Waals surface area contributed by atoms with Gasteiger partial charge in [0.05, 0.1) is 11.4 Å². The molecule has 2 aromatic carbocycles. The minimum Gasteiger partial charge on any atom is -0.507 e. The maximum atomic E-state index is 10.4. The van der Waals surface area contributed by atoms with Crippen LogP contribution in [0.15, 0.2) is 95.0 Å². The molecule has 30 heavy (non-hydrogen) atoms. The maximum absolute atomic E-state index is 10.4. The lowest BCUT2D eigenvalue weighted by molar-refractivity contribution is 0.477. The van der Waals surface area contributed by atoms with Gasteiger partial charge in [0.2, 0.25) is 0 Å². The fourth-order valence-corrected chi connectivity index (χ4v) is 4.02. The Kier molecular flexibility index (Phi) is 5.60. The lowest BCUT2D eigenvalue weighted by Crippen LogP contribution is -2.12. The van der Waals surface area contributed by atoms with E-state index in [-0.39, 0.29) is 11.2 Å². The highest BCUT2D eigenvalue weighted by Crippen LogP contribution is 2.35. The largest absolute Gasteiger partial charge is 0.507 e. The van der Waals surface area contributed by atoms with E-state index in [1.54, 1.807) is 24.0 Å². The fourth-order valence-electron chi connectivity index (χ4n) is 3.19. The highest BCUT2D eigenvalue weighted by Gasteiger charge is 2.18. The smallest absolute Gasteiger partial charge is 0.124 e. The molecule has 150 valence electrons. The third kappa shape index (κ3) is 4.55. The van der Waals surface area contributed by atoms with Gasteiger partial charge in [-0.15, -0.1) is 0 Å². The molecule has 1 N–H and O–H groups in total. The summed E-state index contributed by atoms with van der Waals surface area (Å²) >= 11 is 1.63. The summed E-state index contributed by atoms with van der Waals surface area (Å²) in [5.74, 6) is 0.237. The van der Waals surface area contributed by atoms with Crippen molar-refractivity contribution in [3.63, 3.8) is 0 Å². The number of hydrogen-bond donors (Lipinski definition) is 1. The van der Waals surface area contributed by atoms with Crippen LogP contribution in [0, 0.1) is 0 Å². The SMILES string of the molecule is CC(C)(C)c1cc(-c2cccc(Sc3ccccn3)c2)nc(-c2ccccc2O)c1. The van der Waals surface area contributed by atoms with Gasteiger partial charge in [-0.3, -0.25) is 0 Å². The van der Waals surface area contributed by atoms with Crippen molar-refractivity contribution in [2.75, 3.05) is 0 Å². The second-order valence-electron chi connectivity index (χ2n) is 8.19. The Morgan fingerprint density at radius 1 is 0.800 bits per heavy atom. The summed E-state index contributed by atoms with van der Waals surface area (Å²) in [5, 5.41) is 11.3. The molecule has 0 radical (unpaired) electrons. The van der Waals surface area contributed by atoms with Gasteiger partial charge in [-0.25, -0.2) is 9.97 Å². The zero-order chi connectivity index (χ0) is 21.1. The first-order valence-electron chi connectivity index (χ1n) is 9.90. The van der Waals surface area contributed by atoms with E-state index in [1.807, 2.05) is 42.5 Å². The first kappa shape index (κ1) is 20.2. The number of aromatic hydroxyl groups is 1. The number of phenols is 1. The molecule has 0 aliphatic heterocycles. The first-order valence-corrected chi connectivity index (χ1v) is 10.7. The van der Waals surface area contributed by atoms with Gasteiger partial charge in [-0.1, -0.05) is 62.9 Å². The maximum Gasteiger partial charge on any atom is 0.124 e. The number of para-hydroxylation sites is 1. The Labute approximate surface area is 181 Å². The van der Waals surface area contributed by atoms with Gasteiger partial charge in [0.15, 0.2) is 0 Å². The first-order chi connectivity index (χ1) is 14.4. The fraction of sp³-hybridized carbons (Fsp3) is 0.154. The van der Waals surface area contributed by atoms with Crippen LogP contribution in [0.4, 0.5) is 0 Å². The van der Waals surface area contributed by atoms with Crippen LogP contribution in [0.1, 0.15) is 26.3 Å². The van der Waals surface area contributed by atoms with Crippen LogP contribution < -0.4 is 0 Å². The van der Waals surface area contributed by atoms with Crippen LogP contribution in [0.5, 0.6) is 5.75 Å². The molecular formula is C26H24N2OS. The van der Waals surface area contributed by atoms with Gasteiger partial charge in [-0.2, -0.15) is 0 Å². The number of aromatic nitrogens is 2. The predicted molar refractivity (Wildman–Crippen MR) is 124 cm³/mol. The van der Waals surface area contributed by atoms with Crippen LogP contribution in [0.3, 0.4) is 0 Å². The van der Waals surface area contributed by atoms with E-state index in [0.29, 0.717) is 0 Å². The molecule has 4 heteroatoms. The summed E-state index contributed by atoms with van der Waals surface area (Å²) in [5.41, 5.74) is 4.58. The molecule has 0 fully saturated rings. The Hall–Kier alpha value is -3.11. The van der Waals surface area contributed by atoms with E-state index >= 15 is 0 Å². The molecule has 4 rings (SSSR count). The number of nitrogens with zero attached hydrogens (tertiary/aromatic N) is 2. The molecule has 0 aliphatic carbocycles. The average Bonchev–Trinajstić information content (AvgIpc) is 2.74. The lowest BCUT2D eigenvalue weighted by Gasteiger charge is -2.21. The van der Waals surface area contributed by atoms with Crippen molar-refractivity contribution in [2.24, 2.45) is 0 Å². The second-order valence-corrected chi connectivity index (χ2v) is 9.29. The summed E-state index contributed by atoms with van der Waals surface area (Å²) < 4.78 is 0. The zero-order valence-electron chi connectivity index (χ0n) is 17.3. The summed E-state index contributed by atoms with van der Waals surface area (Å²) in [6.07, 6.45) is 1.80. The van der Waals surface area contributed by atoms with Crippen LogP contribution in [-0.2, 0) is 5.41 Å². The molecule has 2 aromatic heterocycles. The van der Waals surface area contributed by atoms with Crippen molar-refractivity contribution in [1.29, 1.82) is 0 Å². The lowest BCUT2D eigenvalue weighted by atomic mass is 9.85.